The molecule has 1 aliphatic heterocycles. The van der Waals surface area contributed by atoms with Gasteiger partial charge in [0.25, 0.3) is 0 Å². The average Bonchev–Trinajstić information content (AvgIpc) is 2.16. The second-order valence-electron chi connectivity index (χ2n) is 3.42. The van der Waals surface area contributed by atoms with Crippen LogP contribution in [0.1, 0.15) is 6.92 Å². The summed E-state index contributed by atoms with van der Waals surface area (Å²) in [4.78, 5) is 2.50. The first-order valence-corrected chi connectivity index (χ1v) is 6.16. The number of thioether (sulfide) groups is 1. The molecule has 13 heavy (non-hydrogen) atoms. The van der Waals surface area contributed by atoms with Crippen molar-refractivity contribution >= 4 is 11.8 Å². The molecule has 0 radical (unpaired) electrons. The summed E-state index contributed by atoms with van der Waals surface area (Å²) in [5.74, 6) is 2.57. The van der Waals surface area contributed by atoms with Crippen molar-refractivity contribution in [1.82, 2.24) is 10.2 Å². The van der Waals surface area contributed by atoms with Crippen molar-refractivity contribution in [3.63, 3.8) is 0 Å². The lowest BCUT2D eigenvalue weighted by molar-refractivity contribution is 0.326. The van der Waals surface area contributed by atoms with Crippen LogP contribution in [0.25, 0.3) is 0 Å². The van der Waals surface area contributed by atoms with Gasteiger partial charge in [-0.2, -0.15) is 11.8 Å². The third-order valence-electron chi connectivity index (χ3n) is 2.18. The maximum Gasteiger partial charge on any atom is 0.0203 e. The molecule has 0 saturated carbocycles. The SMILES string of the molecule is C=C(CNCC)CN1CCSCC1. The van der Waals surface area contributed by atoms with Crippen LogP contribution in [0, 0.1) is 0 Å². The molecule has 0 aromatic rings. The zero-order valence-corrected chi connectivity index (χ0v) is 9.33. The summed E-state index contributed by atoms with van der Waals surface area (Å²) in [6.45, 7) is 11.8. The fraction of sp³-hybridized carbons (Fsp3) is 0.800. The highest BCUT2D eigenvalue weighted by atomic mass is 32.2. The molecular formula is C10H20N2S. The van der Waals surface area contributed by atoms with Crippen LogP contribution in [0.4, 0.5) is 0 Å². The summed E-state index contributed by atoms with van der Waals surface area (Å²) < 4.78 is 0. The number of nitrogens with one attached hydrogen (secondary N) is 1. The Morgan fingerprint density at radius 3 is 2.77 bits per heavy atom. The summed E-state index contributed by atoms with van der Waals surface area (Å²) in [5.41, 5.74) is 1.31. The predicted octanol–water partition coefficient (Wildman–Crippen LogP) is 1.20. The average molecular weight is 200 g/mol. The summed E-state index contributed by atoms with van der Waals surface area (Å²) in [6, 6.07) is 0. The largest absolute Gasteiger partial charge is 0.313 e. The van der Waals surface area contributed by atoms with E-state index in [0.29, 0.717) is 0 Å². The Morgan fingerprint density at radius 1 is 1.46 bits per heavy atom. The van der Waals surface area contributed by atoms with E-state index in [4.69, 9.17) is 0 Å². The van der Waals surface area contributed by atoms with Crippen molar-refractivity contribution in [2.24, 2.45) is 0 Å². The summed E-state index contributed by atoms with van der Waals surface area (Å²) in [7, 11) is 0. The number of hydrogen-bond acceptors (Lipinski definition) is 3. The molecule has 0 spiro atoms. The highest BCUT2D eigenvalue weighted by Gasteiger charge is 2.10. The molecule has 0 atom stereocenters. The first-order valence-electron chi connectivity index (χ1n) is 5.00. The van der Waals surface area contributed by atoms with Crippen LogP contribution >= 0.6 is 11.8 Å². The van der Waals surface area contributed by atoms with Crippen LogP contribution in [0.15, 0.2) is 12.2 Å². The maximum atomic E-state index is 4.08. The fourth-order valence-corrected chi connectivity index (χ4v) is 2.41. The summed E-state index contributed by atoms with van der Waals surface area (Å²) in [6.07, 6.45) is 0. The Morgan fingerprint density at radius 2 is 2.15 bits per heavy atom. The lowest BCUT2D eigenvalue weighted by atomic mass is 10.2. The molecule has 0 amide bonds. The van der Waals surface area contributed by atoms with E-state index >= 15 is 0 Å². The van der Waals surface area contributed by atoms with Crippen LogP contribution in [0.5, 0.6) is 0 Å². The Kier molecular flexibility index (Phi) is 5.51. The van der Waals surface area contributed by atoms with Crippen molar-refractivity contribution in [2.45, 2.75) is 6.92 Å². The lowest BCUT2D eigenvalue weighted by Gasteiger charge is -2.26. The summed E-state index contributed by atoms with van der Waals surface area (Å²) >= 11 is 2.06. The zero-order chi connectivity index (χ0) is 9.52. The molecule has 3 heteroatoms. The smallest absolute Gasteiger partial charge is 0.0203 e. The van der Waals surface area contributed by atoms with E-state index in [9.17, 15) is 0 Å². The second kappa shape index (κ2) is 6.46. The van der Waals surface area contributed by atoms with Gasteiger partial charge in [-0.1, -0.05) is 13.5 Å². The Labute approximate surface area is 85.8 Å². The third kappa shape index (κ3) is 4.69. The molecule has 1 saturated heterocycles. The molecule has 0 aromatic carbocycles. The highest BCUT2D eigenvalue weighted by Crippen LogP contribution is 2.09. The molecule has 0 bridgehead atoms. The molecule has 1 fully saturated rings. The van der Waals surface area contributed by atoms with Gasteiger partial charge in [0, 0.05) is 37.7 Å². The number of rotatable bonds is 5. The van der Waals surface area contributed by atoms with Gasteiger partial charge in [0.15, 0.2) is 0 Å². The highest BCUT2D eigenvalue weighted by molar-refractivity contribution is 7.99. The minimum absolute atomic E-state index is 0.972. The van der Waals surface area contributed by atoms with E-state index < -0.39 is 0 Å². The van der Waals surface area contributed by atoms with Gasteiger partial charge in [0.05, 0.1) is 0 Å². The third-order valence-corrected chi connectivity index (χ3v) is 3.12. The van der Waals surface area contributed by atoms with Crippen LogP contribution in [-0.4, -0.2) is 49.1 Å². The first kappa shape index (κ1) is 11.1. The van der Waals surface area contributed by atoms with E-state index in [1.165, 1.54) is 30.2 Å². The van der Waals surface area contributed by atoms with Crippen LogP contribution in [-0.2, 0) is 0 Å². The molecule has 76 valence electrons. The van der Waals surface area contributed by atoms with E-state index in [-0.39, 0.29) is 0 Å². The minimum Gasteiger partial charge on any atom is -0.313 e. The molecule has 0 aliphatic carbocycles. The van der Waals surface area contributed by atoms with Crippen LogP contribution < -0.4 is 5.32 Å². The minimum atomic E-state index is 0.972. The maximum absolute atomic E-state index is 4.08. The van der Waals surface area contributed by atoms with Crippen molar-refractivity contribution in [1.29, 1.82) is 0 Å². The van der Waals surface area contributed by atoms with Crippen molar-refractivity contribution in [3.05, 3.63) is 12.2 Å². The van der Waals surface area contributed by atoms with Crippen LogP contribution in [0.3, 0.4) is 0 Å². The van der Waals surface area contributed by atoms with E-state index in [0.717, 1.165) is 19.6 Å². The van der Waals surface area contributed by atoms with Crippen molar-refractivity contribution in [3.8, 4) is 0 Å². The number of likely N-dealkylation sites (N-methyl/N-ethyl adjacent to an activating group) is 1. The van der Waals surface area contributed by atoms with E-state index in [1.807, 2.05) is 0 Å². The standard InChI is InChI=1S/C10H20N2S/c1-3-11-8-10(2)9-12-4-6-13-7-5-12/h11H,2-9H2,1H3. The van der Waals surface area contributed by atoms with Gasteiger partial charge in [0.1, 0.15) is 0 Å². The Bertz CT molecular complexity index is 153. The Balaban J connectivity index is 2.11. The molecule has 1 N–H and O–H groups in total. The first-order chi connectivity index (χ1) is 6.33. The second-order valence-corrected chi connectivity index (χ2v) is 4.64. The quantitative estimate of drug-likeness (QED) is 0.671. The van der Waals surface area contributed by atoms with Gasteiger partial charge in [-0.25, -0.2) is 0 Å². The lowest BCUT2D eigenvalue weighted by Crippen LogP contribution is -2.35. The monoisotopic (exact) mass is 200 g/mol. The van der Waals surface area contributed by atoms with Gasteiger partial charge in [-0.15, -0.1) is 0 Å². The van der Waals surface area contributed by atoms with Crippen LogP contribution in [0.2, 0.25) is 0 Å². The molecular weight excluding hydrogens is 180 g/mol. The molecule has 1 aliphatic rings. The number of nitrogens with zero attached hydrogens (tertiary/aromatic N) is 1. The Hall–Kier alpha value is 0.0100. The zero-order valence-electron chi connectivity index (χ0n) is 8.51. The fourth-order valence-electron chi connectivity index (χ4n) is 1.43. The van der Waals surface area contributed by atoms with Crippen molar-refractivity contribution in [2.75, 3.05) is 44.2 Å². The van der Waals surface area contributed by atoms with Gasteiger partial charge >= 0.3 is 0 Å². The molecule has 1 rings (SSSR count). The van der Waals surface area contributed by atoms with E-state index in [2.05, 4.69) is 35.5 Å². The molecule has 0 aromatic heterocycles. The summed E-state index contributed by atoms with van der Waals surface area (Å²) in [5, 5.41) is 3.31. The molecule has 2 nitrogen and oxygen atoms in total. The predicted molar refractivity (Wildman–Crippen MR) is 61.4 cm³/mol. The topological polar surface area (TPSA) is 15.3 Å². The van der Waals surface area contributed by atoms with Gasteiger partial charge in [-0.05, 0) is 12.1 Å². The van der Waals surface area contributed by atoms with Gasteiger partial charge in [0.2, 0.25) is 0 Å². The number of hydrogen-bond donors (Lipinski definition) is 1. The van der Waals surface area contributed by atoms with Gasteiger partial charge in [-0.3, -0.25) is 4.90 Å². The molecule has 0 unspecified atom stereocenters. The van der Waals surface area contributed by atoms with E-state index in [1.54, 1.807) is 0 Å². The van der Waals surface area contributed by atoms with Gasteiger partial charge < -0.3 is 5.32 Å². The normalized spacial score (nSPS) is 18.8. The van der Waals surface area contributed by atoms with Crippen molar-refractivity contribution < 1.29 is 0 Å². The molecule has 1 heterocycles.